The molecule has 0 radical (unpaired) electrons. The van der Waals surface area contributed by atoms with E-state index in [0.717, 1.165) is 12.0 Å². The second-order valence-electron chi connectivity index (χ2n) is 5.87. The number of nitrogens with one attached hydrogen (secondary N) is 1. The molecule has 1 unspecified atom stereocenters. The SMILES string of the molecule is CC.C\C=C/N=C(/C=C(\C)CC)C(=O)NC(SC)C1CCCCC1. The molecule has 1 amide bonds. The van der Waals surface area contributed by atoms with Crippen molar-refractivity contribution in [3.8, 4) is 0 Å². The first-order valence-electron chi connectivity index (χ1n) is 9.32. The van der Waals surface area contributed by atoms with Gasteiger partial charge < -0.3 is 5.32 Å². The van der Waals surface area contributed by atoms with Gasteiger partial charge in [0.25, 0.3) is 5.91 Å². The topological polar surface area (TPSA) is 41.5 Å². The number of carbonyl (C=O) groups is 1. The lowest BCUT2D eigenvalue weighted by Gasteiger charge is -2.29. The van der Waals surface area contributed by atoms with Crippen molar-refractivity contribution in [1.82, 2.24) is 5.32 Å². The third-order valence-corrected chi connectivity index (χ3v) is 5.15. The van der Waals surface area contributed by atoms with Crippen molar-refractivity contribution in [3.63, 3.8) is 0 Å². The molecule has 1 aliphatic rings. The molecule has 0 aromatic rings. The van der Waals surface area contributed by atoms with Crippen molar-refractivity contribution in [2.75, 3.05) is 6.26 Å². The molecule has 0 aromatic carbocycles. The number of carbonyl (C=O) groups excluding carboxylic acids is 1. The first-order valence-corrected chi connectivity index (χ1v) is 10.6. The molecule has 1 saturated carbocycles. The predicted octanol–water partition coefficient (Wildman–Crippen LogP) is 5.73. The predicted molar refractivity (Wildman–Crippen MR) is 110 cm³/mol. The van der Waals surface area contributed by atoms with E-state index in [0.29, 0.717) is 11.6 Å². The minimum atomic E-state index is -0.0594. The minimum absolute atomic E-state index is 0.0594. The summed E-state index contributed by atoms with van der Waals surface area (Å²) in [6.07, 6.45) is 14.8. The molecule has 0 saturated heterocycles. The number of hydrogen-bond acceptors (Lipinski definition) is 3. The molecule has 0 aromatic heterocycles. The average Bonchev–Trinajstić information content (AvgIpc) is 2.64. The molecule has 3 nitrogen and oxygen atoms in total. The summed E-state index contributed by atoms with van der Waals surface area (Å²) in [4.78, 5) is 16.9. The Kier molecular flexibility index (Phi) is 13.7. The molecule has 1 atom stereocenters. The Labute approximate surface area is 153 Å². The van der Waals surface area contributed by atoms with E-state index < -0.39 is 0 Å². The Hall–Kier alpha value is -1.03. The van der Waals surface area contributed by atoms with Gasteiger partial charge >= 0.3 is 0 Å². The molecule has 0 bridgehead atoms. The van der Waals surface area contributed by atoms with Crippen molar-refractivity contribution < 1.29 is 4.79 Å². The van der Waals surface area contributed by atoms with E-state index in [1.165, 1.54) is 32.1 Å². The van der Waals surface area contributed by atoms with Crippen LogP contribution in [0.25, 0.3) is 0 Å². The van der Waals surface area contributed by atoms with Crippen molar-refractivity contribution in [1.29, 1.82) is 0 Å². The van der Waals surface area contributed by atoms with Gasteiger partial charge in [-0.1, -0.05) is 51.7 Å². The van der Waals surface area contributed by atoms with Gasteiger partial charge in [-0.25, -0.2) is 0 Å². The van der Waals surface area contributed by atoms with Crippen LogP contribution in [0.3, 0.4) is 0 Å². The van der Waals surface area contributed by atoms with Crippen LogP contribution < -0.4 is 5.32 Å². The van der Waals surface area contributed by atoms with Crippen LogP contribution in [0.2, 0.25) is 0 Å². The van der Waals surface area contributed by atoms with Crippen LogP contribution in [0, 0.1) is 5.92 Å². The summed E-state index contributed by atoms with van der Waals surface area (Å²) in [5, 5.41) is 3.38. The largest absolute Gasteiger partial charge is 0.339 e. The molecule has 0 spiro atoms. The van der Waals surface area contributed by atoms with Crippen LogP contribution in [-0.2, 0) is 4.79 Å². The van der Waals surface area contributed by atoms with E-state index in [1.54, 1.807) is 18.0 Å². The van der Waals surface area contributed by atoms with Crippen LogP contribution in [0.15, 0.2) is 28.9 Å². The van der Waals surface area contributed by atoms with Crippen LogP contribution in [-0.4, -0.2) is 23.2 Å². The van der Waals surface area contributed by atoms with Crippen LogP contribution in [0.1, 0.15) is 73.1 Å². The highest BCUT2D eigenvalue weighted by Crippen LogP contribution is 2.30. The monoisotopic (exact) mass is 352 g/mol. The number of thioether (sulfide) groups is 1. The van der Waals surface area contributed by atoms with Crippen molar-refractivity contribution in [2.24, 2.45) is 10.9 Å². The van der Waals surface area contributed by atoms with E-state index in [2.05, 4.69) is 23.5 Å². The van der Waals surface area contributed by atoms with Crippen molar-refractivity contribution in [3.05, 3.63) is 23.9 Å². The second-order valence-corrected chi connectivity index (χ2v) is 6.85. The first kappa shape index (κ1) is 23.0. The van der Waals surface area contributed by atoms with Gasteiger partial charge in [-0.05, 0) is 51.4 Å². The number of rotatable bonds is 7. The summed E-state index contributed by atoms with van der Waals surface area (Å²) in [5.41, 5.74) is 1.67. The van der Waals surface area contributed by atoms with Gasteiger partial charge in [0.05, 0.1) is 5.37 Å². The van der Waals surface area contributed by atoms with Crippen LogP contribution in [0.4, 0.5) is 0 Å². The molecule has 1 rings (SSSR count). The quantitative estimate of drug-likeness (QED) is 0.469. The Morgan fingerprint density at radius 2 is 1.92 bits per heavy atom. The van der Waals surface area contributed by atoms with E-state index in [9.17, 15) is 4.79 Å². The van der Waals surface area contributed by atoms with Gasteiger partial charge in [0, 0.05) is 6.20 Å². The maximum absolute atomic E-state index is 12.6. The van der Waals surface area contributed by atoms with Gasteiger partial charge in [-0.15, -0.1) is 11.8 Å². The molecule has 24 heavy (non-hydrogen) atoms. The first-order chi connectivity index (χ1) is 11.6. The summed E-state index contributed by atoms with van der Waals surface area (Å²) in [7, 11) is 0. The summed E-state index contributed by atoms with van der Waals surface area (Å²) < 4.78 is 0. The van der Waals surface area contributed by atoms with E-state index in [1.807, 2.05) is 39.8 Å². The molecule has 0 heterocycles. The Morgan fingerprint density at radius 3 is 2.42 bits per heavy atom. The summed E-state index contributed by atoms with van der Waals surface area (Å²) >= 11 is 1.75. The molecule has 1 fully saturated rings. The number of amides is 1. The number of aliphatic imine (C=N–C) groups is 1. The van der Waals surface area contributed by atoms with E-state index in [-0.39, 0.29) is 11.3 Å². The van der Waals surface area contributed by atoms with Crippen molar-refractivity contribution in [2.45, 2.75) is 78.5 Å². The minimum Gasteiger partial charge on any atom is -0.339 e. The molecule has 1 N–H and O–H groups in total. The fourth-order valence-corrected chi connectivity index (χ4v) is 3.54. The van der Waals surface area contributed by atoms with Crippen LogP contribution in [0.5, 0.6) is 0 Å². The Morgan fingerprint density at radius 1 is 1.29 bits per heavy atom. The van der Waals surface area contributed by atoms with Crippen LogP contribution >= 0.6 is 11.8 Å². The molecule has 4 heteroatoms. The third-order valence-electron chi connectivity index (χ3n) is 4.14. The highest BCUT2D eigenvalue weighted by molar-refractivity contribution is 7.99. The zero-order valence-electron chi connectivity index (χ0n) is 16.4. The zero-order valence-corrected chi connectivity index (χ0v) is 17.2. The summed E-state index contributed by atoms with van der Waals surface area (Å²) in [6.45, 7) is 10.0. The number of hydrogen-bond donors (Lipinski definition) is 1. The maximum Gasteiger partial charge on any atom is 0.270 e. The van der Waals surface area contributed by atoms with Crippen molar-refractivity contribution >= 4 is 23.4 Å². The van der Waals surface area contributed by atoms with E-state index >= 15 is 0 Å². The lowest BCUT2D eigenvalue weighted by molar-refractivity contribution is -0.115. The summed E-state index contributed by atoms with van der Waals surface area (Å²) in [6, 6.07) is 0. The fourth-order valence-electron chi connectivity index (χ4n) is 2.66. The Bertz CT molecular complexity index is 435. The maximum atomic E-state index is 12.6. The highest BCUT2D eigenvalue weighted by atomic mass is 32.2. The number of nitrogens with zero attached hydrogens (tertiary/aromatic N) is 1. The molecular formula is C20H36N2OS. The lowest BCUT2D eigenvalue weighted by atomic mass is 9.89. The van der Waals surface area contributed by atoms with Gasteiger partial charge in [-0.3, -0.25) is 9.79 Å². The van der Waals surface area contributed by atoms with Gasteiger partial charge in [0.15, 0.2) is 0 Å². The highest BCUT2D eigenvalue weighted by Gasteiger charge is 2.25. The standard InChI is InChI=1S/C18H30N2OS.C2H6/c1-5-12-19-16(13-14(3)6-2)17(21)20-18(22-4)15-10-8-7-9-11-15;1-2/h5,12-13,15,18H,6-11H2,1-4H3,(H,20,21);1-2H3/b12-5-,14-13+,19-16-;. The third kappa shape index (κ3) is 8.72. The molecule has 1 aliphatic carbocycles. The smallest absolute Gasteiger partial charge is 0.270 e. The van der Waals surface area contributed by atoms with Gasteiger partial charge in [0.2, 0.25) is 0 Å². The molecule has 0 aliphatic heterocycles. The van der Waals surface area contributed by atoms with E-state index in [4.69, 9.17) is 0 Å². The Balaban J connectivity index is 0.00000254. The zero-order chi connectivity index (χ0) is 18.4. The fraction of sp³-hybridized carbons (Fsp3) is 0.700. The summed E-state index contributed by atoms with van der Waals surface area (Å²) in [5.74, 6) is 0.530. The number of allylic oxidation sites excluding steroid dienone is 2. The second kappa shape index (κ2) is 14.3. The molecule has 138 valence electrons. The molecular weight excluding hydrogens is 316 g/mol. The van der Waals surface area contributed by atoms with Gasteiger partial charge in [0.1, 0.15) is 5.71 Å². The normalized spacial score (nSPS) is 18.1. The average molecular weight is 353 g/mol. The lowest BCUT2D eigenvalue weighted by Crippen LogP contribution is -2.41. The van der Waals surface area contributed by atoms with Gasteiger partial charge in [-0.2, -0.15) is 0 Å².